The van der Waals surface area contributed by atoms with Crippen molar-refractivity contribution in [3.63, 3.8) is 0 Å². The van der Waals surface area contributed by atoms with Crippen molar-refractivity contribution >= 4 is 31.9 Å². The minimum Gasteiger partial charge on any atom is -0.350 e. The number of sulfonamides is 1. The van der Waals surface area contributed by atoms with Crippen molar-refractivity contribution in [2.45, 2.75) is 26.8 Å². The minimum absolute atomic E-state index is 0.0864. The summed E-state index contributed by atoms with van der Waals surface area (Å²) in [6.45, 7) is 4.92. The number of halogens is 1. The van der Waals surface area contributed by atoms with Gasteiger partial charge in [-0.25, -0.2) is 13.1 Å². The topological polar surface area (TPSA) is 80.2 Å². The highest BCUT2D eigenvalue weighted by atomic mass is 79.9. The highest BCUT2D eigenvalue weighted by Gasteiger charge is 2.14. The van der Waals surface area contributed by atoms with Gasteiger partial charge in [0.15, 0.2) is 0 Å². The fraction of sp³-hybridized carbons (Fsp3) is 0.583. The van der Waals surface area contributed by atoms with Crippen LogP contribution in [0.4, 0.5) is 0 Å². The molecule has 0 saturated carbocycles. The predicted molar refractivity (Wildman–Crippen MR) is 82.2 cm³/mol. The van der Waals surface area contributed by atoms with Gasteiger partial charge in [-0.15, -0.1) is 0 Å². The molecule has 2 N–H and O–H groups in total. The first-order chi connectivity index (χ1) is 9.39. The Morgan fingerprint density at radius 2 is 2.10 bits per heavy atom. The van der Waals surface area contributed by atoms with Gasteiger partial charge in [0.05, 0.1) is 5.75 Å². The smallest absolute Gasteiger partial charge is 0.267 e. The number of rotatable bonds is 8. The lowest BCUT2D eigenvalue weighted by Crippen LogP contribution is -2.35. The molecule has 0 aromatic carbocycles. The van der Waals surface area contributed by atoms with Crippen molar-refractivity contribution in [1.29, 1.82) is 0 Å². The molecule has 1 aromatic heterocycles. The first kappa shape index (κ1) is 17.2. The molecule has 0 aliphatic rings. The van der Waals surface area contributed by atoms with Crippen molar-refractivity contribution in [3.05, 3.63) is 22.4 Å². The molecule has 1 heterocycles. The molecule has 0 aliphatic carbocycles. The Morgan fingerprint density at radius 1 is 1.40 bits per heavy atom. The Hall–Kier alpha value is -0.860. The van der Waals surface area contributed by atoms with Crippen molar-refractivity contribution in [1.82, 2.24) is 14.6 Å². The second-order valence-corrected chi connectivity index (χ2v) is 7.15. The first-order valence-electron chi connectivity index (χ1n) is 6.50. The normalized spacial score (nSPS) is 11.6. The highest BCUT2D eigenvalue weighted by molar-refractivity contribution is 9.10. The van der Waals surface area contributed by atoms with E-state index in [9.17, 15) is 13.2 Å². The van der Waals surface area contributed by atoms with Crippen molar-refractivity contribution in [2.24, 2.45) is 0 Å². The van der Waals surface area contributed by atoms with E-state index < -0.39 is 10.0 Å². The molecule has 0 saturated heterocycles. The van der Waals surface area contributed by atoms with E-state index in [0.717, 1.165) is 17.4 Å². The van der Waals surface area contributed by atoms with Gasteiger partial charge in [-0.05, 0) is 28.4 Å². The van der Waals surface area contributed by atoms with Gasteiger partial charge in [-0.3, -0.25) is 4.79 Å². The zero-order valence-corrected chi connectivity index (χ0v) is 14.1. The van der Waals surface area contributed by atoms with Crippen LogP contribution < -0.4 is 10.0 Å². The summed E-state index contributed by atoms with van der Waals surface area (Å²) in [5.74, 6) is -0.391. The van der Waals surface area contributed by atoms with Gasteiger partial charge in [0, 0.05) is 30.3 Å². The van der Waals surface area contributed by atoms with Gasteiger partial charge in [-0.1, -0.05) is 13.8 Å². The molecule has 0 radical (unpaired) electrons. The molecule has 0 bridgehead atoms. The summed E-state index contributed by atoms with van der Waals surface area (Å²) in [5.41, 5.74) is 0.527. The van der Waals surface area contributed by atoms with Crippen LogP contribution in [0.15, 0.2) is 16.7 Å². The molecular formula is C12H20BrN3O3S. The lowest BCUT2D eigenvalue weighted by atomic mass is 10.4. The van der Waals surface area contributed by atoms with Crippen LogP contribution >= 0.6 is 15.9 Å². The summed E-state index contributed by atoms with van der Waals surface area (Å²) in [4.78, 5) is 12.0. The summed E-state index contributed by atoms with van der Waals surface area (Å²) in [7, 11) is -3.31. The Kier molecular flexibility index (Phi) is 6.70. The first-order valence-corrected chi connectivity index (χ1v) is 8.95. The Balaban J connectivity index is 2.59. The average molecular weight is 366 g/mol. The van der Waals surface area contributed by atoms with Gasteiger partial charge >= 0.3 is 0 Å². The zero-order chi connectivity index (χ0) is 15.2. The molecule has 0 unspecified atom stereocenters. The van der Waals surface area contributed by atoms with E-state index in [2.05, 4.69) is 26.0 Å². The van der Waals surface area contributed by atoms with E-state index >= 15 is 0 Å². The van der Waals surface area contributed by atoms with Crippen LogP contribution in [0.2, 0.25) is 0 Å². The number of hydrogen-bond donors (Lipinski definition) is 2. The van der Waals surface area contributed by atoms with Crippen LogP contribution in [-0.2, 0) is 16.6 Å². The van der Waals surface area contributed by atoms with Crippen LogP contribution in [-0.4, -0.2) is 37.7 Å². The Labute approximate surface area is 128 Å². The van der Waals surface area contributed by atoms with E-state index in [4.69, 9.17) is 0 Å². The maximum absolute atomic E-state index is 12.0. The predicted octanol–water partition coefficient (Wildman–Crippen LogP) is 1.33. The molecule has 6 nitrogen and oxygen atoms in total. The second kappa shape index (κ2) is 7.80. The maximum Gasteiger partial charge on any atom is 0.267 e. The van der Waals surface area contributed by atoms with Gasteiger partial charge in [0.25, 0.3) is 5.91 Å². The van der Waals surface area contributed by atoms with Gasteiger partial charge < -0.3 is 9.88 Å². The second-order valence-electron chi connectivity index (χ2n) is 4.31. The van der Waals surface area contributed by atoms with Crippen molar-refractivity contribution in [3.8, 4) is 0 Å². The van der Waals surface area contributed by atoms with Crippen LogP contribution in [0.3, 0.4) is 0 Å². The molecule has 8 heteroatoms. The van der Waals surface area contributed by atoms with E-state index in [-0.39, 0.29) is 18.2 Å². The molecule has 1 amide bonds. The quantitative estimate of drug-likeness (QED) is 0.729. The van der Waals surface area contributed by atoms with Crippen LogP contribution in [0.1, 0.15) is 30.8 Å². The molecule has 0 aliphatic heterocycles. The fourth-order valence-electron chi connectivity index (χ4n) is 1.77. The number of amides is 1. The lowest BCUT2D eigenvalue weighted by Gasteiger charge is -2.09. The maximum atomic E-state index is 12.0. The zero-order valence-electron chi connectivity index (χ0n) is 11.6. The van der Waals surface area contributed by atoms with Crippen molar-refractivity contribution < 1.29 is 13.2 Å². The van der Waals surface area contributed by atoms with Gasteiger partial charge in [-0.2, -0.15) is 0 Å². The van der Waals surface area contributed by atoms with E-state index in [1.54, 1.807) is 13.0 Å². The number of carbonyl (C=O) groups is 1. The minimum atomic E-state index is -3.31. The average Bonchev–Trinajstić information content (AvgIpc) is 2.70. The van der Waals surface area contributed by atoms with Crippen LogP contribution in [0.5, 0.6) is 0 Å². The molecule has 0 atom stereocenters. The fourth-order valence-corrected chi connectivity index (χ4v) is 3.19. The summed E-state index contributed by atoms with van der Waals surface area (Å²) in [6.07, 6.45) is 2.75. The molecule has 0 spiro atoms. The SMILES string of the molecule is CCCn1cc(Br)cc1C(=O)NCCS(=O)(=O)NCC. The summed E-state index contributed by atoms with van der Waals surface area (Å²) in [6, 6.07) is 1.73. The molecule has 1 aromatic rings. The molecule has 0 fully saturated rings. The van der Waals surface area contributed by atoms with Crippen LogP contribution in [0, 0.1) is 0 Å². The van der Waals surface area contributed by atoms with E-state index in [1.807, 2.05) is 17.7 Å². The standard InChI is InChI=1S/C12H20BrN3O3S/c1-3-6-16-9-10(13)8-11(16)12(17)14-5-7-20(18,19)15-4-2/h8-9,15H,3-7H2,1-2H3,(H,14,17). The number of carbonyl (C=O) groups excluding carboxylic acids is 1. The lowest BCUT2D eigenvalue weighted by molar-refractivity contribution is 0.0946. The Morgan fingerprint density at radius 3 is 2.70 bits per heavy atom. The van der Waals surface area contributed by atoms with Gasteiger partial charge in [0.1, 0.15) is 5.69 Å². The van der Waals surface area contributed by atoms with E-state index in [0.29, 0.717) is 12.2 Å². The van der Waals surface area contributed by atoms with Crippen molar-refractivity contribution in [2.75, 3.05) is 18.8 Å². The summed E-state index contributed by atoms with van der Waals surface area (Å²) < 4.78 is 27.9. The molecule has 114 valence electrons. The molecule has 20 heavy (non-hydrogen) atoms. The number of hydrogen-bond acceptors (Lipinski definition) is 3. The molecule has 1 rings (SSSR count). The summed E-state index contributed by atoms with van der Waals surface area (Å²) >= 11 is 3.34. The van der Waals surface area contributed by atoms with Crippen LogP contribution in [0.25, 0.3) is 0 Å². The number of nitrogens with one attached hydrogen (secondary N) is 2. The third kappa shape index (κ3) is 5.26. The third-order valence-corrected chi connectivity index (χ3v) is 4.48. The number of nitrogens with zero attached hydrogens (tertiary/aromatic N) is 1. The highest BCUT2D eigenvalue weighted by Crippen LogP contribution is 2.15. The monoisotopic (exact) mass is 365 g/mol. The molecular weight excluding hydrogens is 346 g/mol. The number of aryl methyl sites for hydroxylation is 1. The third-order valence-electron chi connectivity index (χ3n) is 2.58. The summed E-state index contributed by atoms with van der Waals surface area (Å²) in [5, 5.41) is 2.63. The number of aromatic nitrogens is 1. The Bertz CT molecular complexity index is 554. The van der Waals surface area contributed by atoms with Gasteiger partial charge in [0.2, 0.25) is 10.0 Å². The van der Waals surface area contributed by atoms with E-state index in [1.165, 1.54) is 0 Å². The largest absolute Gasteiger partial charge is 0.350 e.